The molecule has 168 valence electrons. The summed E-state index contributed by atoms with van der Waals surface area (Å²) >= 11 is 0. The van der Waals surface area contributed by atoms with Gasteiger partial charge in [-0.2, -0.15) is 0 Å². The number of H-pyrrole nitrogens is 1. The van der Waals surface area contributed by atoms with Gasteiger partial charge in [0.15, 0.2) is 0 Å². The van der Waals surface area contributed by atoms with Gasteiger partial charge in [-0.3, -0.25) is 9.69 Å². The third kappa shape index (κ3) is 5.28. The number of rotatable bonds is 8. The molecule has 1 saturated heterocycles. The quantitative estimate of drug-likeness (QED) is 0.627. The first-order valence-corrected chi connectivity index (χ1v) is 10.9. The van der Waals surface area contributed by atoms with Crippen LogP contribution >= 0.6 is 0 Å². The van der Waals surface area contributed by atoms with E-state index in [-0.39, 0.29) is 18.1 Å². The van der Waals surface area contributed by atoms with E-state index in [9.17, 15) is 9.59 Å². The number of methoxy groups -OCH3 is 1. The Morgan fingerprint density at radius 3 is 2.35 bits per heavy atom. The second kappa shape index (κ2) is 10.0. The first-order valence-electron chi connectivity index (χ1n) is 10.9. The van der Waals surface area contributed by atoms with Crippen LogP contribution in [0.5, 0.6) is 5.75 Å². The molecule has 7 nitrogen and oxygen atoms in total. The molecular weight excluding hydrogens is 394 g/mol. The van der Waals surface area contributed by atoms with Crippen LogP contribution in [0.4, 0.5) is 0 Å². The minimum atomic E-state index is -0.409. The van der Waals surface area contributed by atoms with Crippen LogP contribution in [0.15, 0.2) is 24.3 Å². The summed E-state index contributed by atoms with van der Waals surface area (Å²) in [7, 11) is 1.65. The molecule has 0 saturated carbocycles. The average Bonchev–Trinajstić information content (AvgIpc) is 3.36. The Labute approximate surface area is 184 Å². The molecule has 2 aromatic rings. The van der Waals surface area contributed by atoms with E-state index >= 15 is 0 Å². The van der Waals surface area contributed by atoms with Gasteiger partial charge in [0.1, 0.15) is 11.4 Å². The molecule has 1 atom stereocenters. The second-order valence-electron chi connectivity index (χ2n) is 8.32. The Kier molecular flexibility index (Phi) is 7.38. The van der Waals surface area contributed by atoms with Crippen molar-refractivity contribution in [3.05, 3.63) is 52.3 Å². The summed E-state index contributed by atoms with van der Waals surface area (Å²) in [6.45, 7) is 9.67. The highest BCUT2D eigenvalue weighted by molar-refractivity contribution is 6.00. The number of amides is 1. The van der Waals surface area contributed by atoms with E-state index in [1.165, 1.54) is 0 Å². The summed E-state index contributed by atoms with van der Waals surface area (Å²) in [6, 6.07) is 8.09. The van der Waals surface area contributed by atoms with Crippen molar-refractivity contribution >= 4 is 11.9 Å². The van der Waals surface area contributed by atoms with Crippen LogP contribution in [0.1, 0.15) is 70.4 Å². The molecule has 1 aliphatic heterocycles. The highest BCUT2D eigenvalue weighted by Gasteiger charge is 2.27. The average molecular weight is 428 g/mol. The lowest BCUT2D eigenvalue weighted by Gasteiger charge is -2.28. The Morgan fingerprint density at radius 1 is 1.13 bits per heavy atom. The molecule has 1 fully saturated rings. The maximum atomic E-state index is 13.0. The van der Waals surface area contributed by atoms with Gasteiger partial charge in [0.05, 0.1) is 24.8 Å². The number of carbonyl (C=O) groups excluding carboxylic acids is 2. The minimum absolute atomic E-state index is 0.0825. The highest BCUT2D eigenvalue weighted by atomic mass is 16.5. The highest BCUT2D eigenvalue weighted by Crippen LogP contribution is 2.27. The fraction of sp³-hybridized carbons (Fsp3) is 0.500. The van der Waals surface area contributed by atoms with E-state index in [1.807, 2.05) is 12.1 Å². The van der Waals surface area contributed by atoms with Gasteiger partial charge in [-0.25, -0.2) is 4.79 Å². The van der Waals surface area contributed by atoms with Gasteiger partial charge in [0.25, 0.3) is 5.91 Å². The molecule has 2 heterocycles. The van der Waals surface area contributed by atoms with Crippen molar-refractivity contribution in [1.82, 2.24) is 15.2 Å². The number of esters is 1. The molecule has 0 aliphatic carbocycles. The molecular formula is C24H33N3O4. The maximum Gasteiger partial charge on any atom is 0.340 e. The Hall–Kier alpha value is -2.80. The van der Waals surface area contributed by atoms with Crippen LogP contribution in [0.2, 0.25) is 0 Å². The number of ether oxygens (including phenoxy) is 2. The number of aromatic amines is 1. The zero-order valence-corrected chi connectivity index (χ0v) is 19.1. The van der Waals surface area contributed by atoms with Gasteiger partial charge in [-0.1, -0.05) is 12.1 Å². The van der Waals surface area contributed by atoms with Crippen LogP contribution in [0.3, 0.4) is 0 Å². The van der Waals surface area contributed by atoms with Crippen LogP contribution < -0.4 is 10.1 Å². The fourth-order valence-corrected chi connectivity index (χ4v) is 4.17. The number of likely N-dealkylation sites (tertiary alicyclic amines) is 1. The van der Waals surface area contributed by atoms with Crippen molar-refractivity contribution in [2.24, 2.45) is 0 Å². The van der Waals surface area contributed by atoms with E-state index in [0.717, 1.165) is 37.2 Å². The molecule has 0 unspecified atom stereocenters. The predicted molar refractivity (Wildman–Crippen MR) is 120 cm³/mol. The number of carbonyl (C=O) groups is 2. The van der Waals surface area contributed by atoms with Gasteiger partial charge in [0.2, 0.25) is 0 Å². The largest absolute Gasteiger partial charge is 0.497 e. The number of hydrogen-bond acceptors (Lipinski definition) is 5. The van der Waals surface area contributed by atoms with E-state index < -0.39 is 5.97 Å². The Bertz CT molecular complexity index is 912. The van der Waals surface area contributed by atoms with Gasteiger partial charge < -0.3 is 19.8 Å². The minimum Gasteiger partial charge on any atom is -0.497 e. The smallest absolute Gasteiger partial charge is 0.340 e. The second-order valence-corrected chi connectivity index (χ2v) is 8.32. The van der Waals surface area contributed by atoms with Gasteiger partial charge in [0, 0.05) is 12.2 Å². The zero-order chi connectivity index (χ0) is 22.5. The SMILES string of the molecule is COc1ccc([C@H](CNC(=O)c2[nH]c(C)c(C(=O)OC(C)C)c2C)N2CCCC2)cc1. The van der Waals surface area contributed by atoms with E-state index in [1.54, 1.807) is 34.8 Å². The van der Waals surface area contributed by atoms with Crippen molar-refractivity contribution in [2.45, 2.75) is 52.7 Å². The molecule has 3 rings (SSSR count). The molecule has 0 radical (unpaired) electrons. The van der Waals surface area contributed by atoms with Crippen molar-refractivity contribution in [2.75, 3.05) is 26.7 Å². The summed E-state index contributed by atoms with van der Waals surface area (Å²) in [6.07, 6.45) is 2.11. The molecule has 7 heteroatoms. The summed E-state index contributed by atoms with van der Waals surface area (Å²) in [5.74, 6) is 0.182. The lowest BCUT2D eigenvalue weighted by molar-refractivity contribution is 0.0376. The number of hydrogen-bond donors (Lipinski definition) is 2. The van der Waals surface area contributed by atoms with E-state index in [4.69, 9.17) is 9.47 Å². The molecule has 2 N–H and O–H groups in total. The molecule has 1 amide bonds. The molecule has 1 aromatic carbocycles. The zero-order valence-electron chi connectivity index (χ0n) is 19.1. The maximum absolute atomic E-state index is 13.0. The number of aryl methyl sites for hydroxylation is 1. The van der Waals surface area contributed by atoms with Crippen LogP contribution in [-0.4, -0.2) is 54.6 Å². The third-order valence-corrected chi connectivity index (χ3v) is 5.75. The van der Waals surface area contributed by atoms with Gasteiger partial charge in [-0.05, 0) is 76.9 Å². The lowest BCUT2D eigenvalue weighted by atomic mass is 10.0. The molecule has 0 spiro atoms. The summed E-state index contributed by atoms with van der Waals surface area (Å²) in [5.41, 5.74) is 3.24. The van der Waals surface area contributed by atoms with Crippen LogP contribution in [0.25, 0.3) is 0 Å². The third-order valence-electron chi connectivity index (χ3n) is 5.75. The number of nitrogens with one attached hydrogen (secondary N) is 2. The molecule has 0 bridgehead atoms. The summed E-state index contributed by atoms with van der Waals surface area (Å²) in [4.78, 5) is 30.9. The topological polar surface area (TPSA) is 83.7 Å². The van der Waals surface area contributed by atoms with Crippen LogP contribution in [0, 0.1) is 13.8 Å². The van der Waals surface area contributed by atoms with E-state index in [0.29, 0.717) is 29.1 Å². The normalized spacial score (nSPS) is 15.2. The summed E-state index contributed by atoms with van der Waals surface area (Å²) < 4.78 is 10.6. The van der Waals surface area contributed by atoms with Gasteiger partial charge >= 0.3 is 5.97 Å². The number of benzene rings is 1. The van der Waals surface area contributed by atoms with Crippen LogP contribution in [-0.2, 0) is 4.74 Å². The first kappa shape index (κ1) is 22.9. The van der Waals surface area contributed by atoms with Crippen molar-refractivity contribution in [3.8, 4) is 5.75 Å². The summed E-state index contributed by atoms with van der Waals surface area (Å²) in [5, 5.41) is 3.07. The standard InChI is InChI=1S/C24H33N3O4/c1-15(2)31-24(29)21-16(3)22(26-17(21)4)23(28)25-14-20(27-12-6-7-13-27)18-8-10-19(30-5)11-9-18/h8-11,15,20,26H,6-7,12-14H2,1-5H3,(H,25,28)/t20-/m0/s1. The predicted octanol–water partition coefficient (Wildman–Crippen LogP) is 3.77. The Balaban J connectivity index is 1.75. The monoisotopic (exact) mass is 427 g/mol. The lowest BCUT2D eigenvalue weighted by Crippen LogP contribution is -2.37. The molecule has 31 heavy (non-hydrogen) atoms. The number of aromatic nitrogens is 1. The first-order chi connectivity index (χ1) is 14.8. The fourth-order valence-electron chi connectivity index (χ4n) is 4.17. The van der Waals surface area contributed by atoms with Crippen molar-refractivity contribution in [1.29, 1.82) is 0 Å². The van der Waals surface area contributed by atoms with E-state index in [2.05, 4.69) is 27.3 Å². The Morgan fingerprint density at radius 2 is 1.77 bits per heavy atom. The number of nitrogens with zero attached hydrogens (tertiary/aromatic N) is 1. The molecule has 1 aliphatic rings. The molecule has 1 aromatic heterocycles. The van der Waals surface area contributed by atoms with Crippen molar-refractivity contribution in [3.63, 3.8) is 0 Å². The van der Waals surface area contributed by atoms with Crippen molar-refractivity contribution < 1.29 is 19.1 Å². The van der Waals surface area contributed by atoms with Gasteiger partial charge in [-0.15, -0.1) is 0 Å².